The number of furan rings is 1. The van der Waals surface area contributed by atoms with Crippen molar-refractivity contribution >= 4 is 17.0 Å². The lowest BCUT2D eigenvalue weighted by Gasteiger charge is -2.25. The van der Waals surface area contributed by atoms with E-state index >= 15 is 0 Å². The molecule has 2 atom stereocenters. The van der Waals surface area contributed by atoms with Crippen molar-refractivity contribution in [2.45, 2.75) is 25.9 Å². The molecule has 0 aliphatic heterocycles. The predicted molar refractivity (Wildman–Crippen MR) is 93.6 cm³/mol. The summed E-state index contributed by atoms with van der Waals surface area (Å²) in [6, 6.07) is 13.2. The number of nitrogens with one attached hydrogen (secondary N) is 1. The molecule has 3 aromatic rings. The smallest absolute Gasteiger partial charge is 0.318 e. The fourth-order valence-electron chi connectivity index (χ4n) is 2.60. The molecule has 0 fully saturated rings. The number of nitrogens with zero attached hydrogens (tertiary/aromatic N) is 2. The average Bonchev–Trinajstić information content (AvgIpc) is 3.05. The molecule has 5 heteroatoms. The highest BCUT2D eigenvalue weighted by Gasteiger charge is 2.22. The van der Waals surface area contributed by atoms with Crippen LogP contribution in [0.4, 0.5) is 4.79 Å². The van der Waals surface area contributed by atoms with Gasteiger partial charge in [-0.25, -0.2) is 4.79 Å². The second kappa shape index (κ2) is 6.74. The van der Waals surface area contributed by atoms with E-state index in [4.69, 9.17) is 4.42 Å². The molecular weight excluding hydrogens is 302 g/mol. The van der Waals surface area contributed by atoms with Crippen molar-refractivity contribution in [3.05, 3.63) is 66.2 Å². The lowest BCUT2D eigenvalue weighted by molar-refractivity contribution is 0.185. The number of para-hydroxylation sites is 1. The third kappa shape index (κ3) is 3.25. The first kappa shape index (κ1) is 16.1. The number of pyridine rings is 1. The van der Waals surface area contributed by atoms with Crippen LogP contribution in [0.2, 0.25) is 0 Å². The predicted octanol–water partition coefficient (Wildman–Crippen LogP) is 4.29. The zero-order chi connectivity index (χ0) is 17.1. The Labute approximate surface area is 141 Å². The summed E-state index contributed by atoms with van der Waals surface area (Å²) in [6.07, 6.45) is 3.44. The molecule has 1 aromatic carbocycles. The molecule has 0 spiro atoms. The van der Waals surface area contributed by atoms with Crippen LogP contribution in [0.5, 0.6) is 0 Å². The number of carbonyl (C=O) groups is 1. The minimum atomic E-state index is -0.165. The lowest BCUT2D eigenvalue weighted by atomic mass is 10.1. The second-order valence-electron chi connectivity index (χ2n) is 5.93. The number of rotatable bonds is 4. The highest BCUT2D eigenvalue weighted by atomic mass is 16.3. The van der Waals surface area contributed by atoms with E-state index in [9.17, 15) is 4.79 Å². The number of carbonyl (C=O) groups excluding carboxylic acids is 1. The Morgan fingerprint density at radius 3 is 2.58 bits per heavy atom. The van der Waals surface area contributed by atoms with Gasteiger partial charge in [0.15, 0.2) is 0 Å². The highest BCUT2D eigenvalue weighted by molar-refractivity contribution is 5.78. The van der Waals surface area contributed by atoms with Gasteiger partial charge < -0.3 is 14.6 Å². The number of hydrogen-bond acceptors (Lipinski definition) is 3. The van der Waals surface area contributed by atoms with Crippen LogP contribution >= 0.6 is 0 Å². The average molecular weight is 323 g/mol. The second-order valence-corrected chi connectivity index (χ2v) is 5.93. The van der Waals surface area contributed by atoms with Gasteiger partial charge in [0.1, 0.15) is 11.3 Å². The molecule has 5 nitrogen and oxygen atoms in total. The van der Waals surface area contributed by atoms with Crippen LogP contribution in [-0.4, -0.2) is 23.0 Å². The van der Waals surface area contributed by atoms with Crippen molar-refractivity contribution in [3.63, 3.8) is 0 Å². The zero-order valence-electron chi connectivity index (χ0n) is 14.1. The topological polar surface area (TPSA) is 58.4 Å². The van der Waals surface area contributed by atoms with Gasteiger partial charge in [-0.15, -0.1) is 0 Å². The van der Waals surface area contributed by atoms with E-state index in [2.05, 4.69) is 10.3 Å². The summed E-state index contributed by atoms with van der Waals surface area (Å²) in [7, 11) is 1.77. The van der Waals surface area contributed by atoms with Gasteiger partial charge in [0.05, 0.1) is 12.1 Å². The molecule has 2 aromatic heterocycles. The summed E-state index contributed by atoms with van der Waals surface area (Å²) in [5.74, 6) is 0.769. The molecule has 0 aliphatic carbocycles. The summed E-state index contributed by atoms with van der Waals surface area (Å²) < 4.78 is 5.86. The molecule has 0 saturated carbocycles. The van der Waals surface area contributed by atoms with E-state index in [1.165, 1.54) is 0 Å². The number of fused-ring (bicyclic) bond motifs is 1. The maximum Gasteiger partial charge on any atom is 0.318 e. The van der Waals surface area contributed by atoms with Gasteiger partial charge in [-0.3, -0.25) is 4.98 Å². The molecule has 0 aliphatic rings. The Morgan fingerprint density at radius 2 is 1.88 bits per heavy atom. The molecule has 124 valence electrons. The number of amides is 2. The van der Waals surface area contributed by atoms with Crippen LogP contribution in [0.15, 0.2) is 59.3 Å². The fourth-order valence-corrected chi connectivity index (χ4v) is 2.60. The minimum absolute atomic E-state index is 0.0918. The van der Waals surface area contributed by atoms with E-state index in [0.29, 0.717) is 0 Å². The van der Waals surface area contributed by atoms with Crippen LogP contribution in [0.1, 0.15) is 37.3 Å². The van der Waals surface area contributed by atoms with E-state index in [0.717, 1.165) is 22.3 Å². The lowest BCUT2D eigenvalue weighted by Crippen LogP contribution is -2.39. The minimum Gasteiger partial charge on any atom is -0.459 e. The van der Waals surface area contributed by atoms with Gasteiger partial charge in [0, 0.05) is 24.8 Å². The van der Waals surface area contributed by atoms with Crippen LogP contribution in [0, 0.1) is 0 Å². The summed E-state index contributed by atoms with van der Waals surface area (Å²) in [4.78, 5) is 18.2. The van der Waals surface area contributed by atoms with E-state index in [1.807, 2.05) is 56.3 Å². The van der Waals surface area contributed by atoms with Crippen LogP contribution in [0.3, 0.4) is 0 Å². The maximum absolute atomic E-state index is 12.5. The highest BCUT2D eigenvalue weighted by Crippen LogP contribution is 2.26. The van der Waals surface area contributed by atoms with Crippen LogP contribution < -0.4 is 5.32 Å². The van der Waals surface area contributed by atoms with E-state index < -0.39 is 0 Å². The molecule has 2 amide bonds. The maximum atomic E-state index is 12.5. The van der Waals surface area contributed by atoms with Crippen molar-refractivity contribution < 1.29 is 9.21 Å². The summed E-state index contributed by atoms with van der Waals surface area (Å²) in [5.41, 5.74) is 1.85. The molecule has 24 heavy (non-hydrogen) atoms. The Kier molecular flexibility index (Phi) is 4.51. The zero-order valence-corrected chi connectivity index (χ0v) is 14.1. The third-order valence-corrected chi connectivity index (χ3v) is 4.30. The van der Waals surface area contributed by atoms with E-state index in [1.54, 1.807) is 24.3 Å². The standard InChI is InChI=1S/C19H21N3O2/c1-13(15-8-10-20-11-9-15)21-19(23)22(3)14(2)18-12-16-6-4-5-7-17(16)24-18/h4-14H,1-3H3,(H,21,23). The van der Waals surface area contributed by atoms with Gasteiger partial charge in [-0.05, 0) is 43.7 Å². The first-order valence-corrected chi connectivity index (χ1v) is 7.98. The largest absolute Gasteiger partial charge is 0.459 e. The van der Waals surface area contributed by atoms with Gasteiger partial charge in [-0.2, -0.15) is 0 Å². The molecule has 2 heterocycles. The number of aromatic nitrogens is 1. The third-order valence-electron chi connectivity index (χ3n) is 4.30. The SMILES string of the molecule is CC(NC(=O)N(C)C(C)c1cc2ccccc2o1)c1ccncc1. The molecule has 0 bridgehead atoms. The molecular formula is C19H21N3O2. The Balaban J connectivity index is 1.70. The van der Waals surface area contributed by atoms with Gasteiger partial charge in [0.2, 0.25) is 0 Å². The molecule has 0 radical (unpaired) electrons. The van der Waals surface area contributed by atoms with Crippen LogP contribution in [0.25, 0.3) is 11.0 Å². The fraction of sp³-hybridized carbons (Fsp3) is 0.263. The summed E-state index contributed by atoms with van der Waals surface area (Å²) in [6.45, 7) is 3.90. The van der Waals surface area contributed by atoms with Gasteiger partial charge >= 0.3 is 6.03 Å². The number of urea groups is 1. The van der Waals surface area contributed by atoms with Gasteiger partial charge in [0.25, 0.3) is 0 Å². The molecule has 0 saturated heterocycles. The molecule has 3 rings (SSSR count). The first-order valence-electron chi connectivity index (χ1n) is 7.98. The number of hydrogen-bond donors (Lipinski definition) is 1. The summed E-state index contributed by atoms with van der Waals surface area (Å²) >= 11 is 0. The normalized spacial score (nSPS) is 13.5. The van der Waals surface area contributed by atoms with Crippen molar-refractivity contribution in [2.24, 2.45) is 0 Å². The molecule has 1 N–H and O–H groups in total. The van der Waals surface area contributed by atoms with Gasteiger partial charge in [-0.1, -0.05) is 18.2 Å². The molecule has 2 unspecified atom stereocenters. The van der Waals surface area contributed by atoms with Crippen molar-refractivity contribution in [3.8, 4) is 0 Å². The Bertz CT molecular complexity index is 796. The monoisotopic (exact) mass is 323 g/mol. The van der Waals surface area contributed by atoms with E-state index in [-0.39, 0.29) is 18.1 Å². The summed E-state index contributed by atoms with van der Waals surface area (Å²) in [5, 5.41) is 4.04. The van der Waals surface area contributed by atoms with Crippen molar-refractivity contribution in [1.29, 1.82) is 0 Å². The van der Waals surface area contributed by atoms with Crippen molar-refractivity contribution in [2.75, 3.05) is 7.05 Å². The Morgan fingerprint density at radius 1 is 1.17 bits per heavy atom. The number of benzene rings is 1. The van der Waals surface area contributed by atoms with Crippen LogP contribution in [-0.2, 0) is 0 Å². The first-order chi connectivity index (χ1) is 11.6. The Hall–Kier alpha value is -2.82. The quantitative estimate of drug-likeness (QED) is 0.779. The van der Waals surface area contributed by atoms with Crippen molar-refractivity contribution in [1.82, 2.24) is 15.2 Å².